The van der Waals surface area contributed by atoms with E-state index >= 15 is 0 Å². The van der Waals surface area contributed by atoms with Crippen LogP contribution in [0.25, 0.3) is 0 Å². The van der Waals surface area contributed by atoms with Crippen LogP contribution >= 0.6 is 11.3 Å². The van der Waals surface area contributed by atoms with Crippen LogP contribution in [0.1, 0.15) is 65.9 Å². The van der Waals surface area contributed by atoms with Crippen molar-refractivity contribution in [2.45, 2.75) is 58.0 Å². The highest BCUT2D eigenvalue weighted by atomic mass is 32.1. The molecular formula is C26H33N3O5S. The minimum absolute atomic E-state index is 0.0286. The monoisotopic (exact) mass is 499 g/mol. The van der Waals surface area contributed by atoms with Gasteiger partial charge in [-0.2, -0.15) is 0 Å². The molecule has 0 saturated heterocycles. The summed E-state index contributed by atoms with van der Waals surface area (Å²) in [6, 6.07) is 9.71. The fourth-order valence-corrected chi connectivity index (χ4v) is 4.93. The number of benzene rings is 1. The van der Waals surface area contributed by atoms with Crippen molar-refractivity contribution in [3.05, 3.63) is 57.8 Å². The number of hydrogen-bond acceptors (Lipinski definition) is 6. The predicted molar refractivity (Wildman–Crippen MR) is 134 cm³/mol. The topological polar surface area (TPSA) is 105 Å². The zero-order chi connectivity index (χ0) is 25.2. The van der Waals surface area contributed by atoms with Gasteiger partial charge in [0.15, 0.2) is 0 Å². The van der Waals surface area contributed by atoms with Gasteiger partial charge in [-0.15, -0.1) is 11.3 Å². The highest BCUT2D eigenvalue weighted by Crippen LogP contribution is 2.26. The first kappa shape index (κ1) is 26.4. The van der Waals surface area contributed by atoms with Gasteiger partial charge < -0.3 is 20.3 Å². The molecule has 1 saturated carbocycles. The quantitative estimate of drug-likeness (QED) is 0.488. The molecule has 1 unspecified atom stereocenters. The van der Waals surface area contributed by atoms with E-state index in [4.69, 9.17) is 4.74 Å². The molecule has 3 rings (SSSR count). The van der Waals surface area contributed by atoms with E-state index in [9.17, 15) is 19.2 Å². The van der Waals surface area contributed by atoms with Crippen molar-refractivity contribution in [2.75, 3.05) is 19.7 Å². The Morgan fingerprint density at radius 1 is 1.09 bits per heavy atom. The Bertz CT molecular complexity index is 1020. The molecule has 1 aliphatic carbocycles. The van der Waals surface area contributed by atoms with E-state index in [0.717, 1.165) is 37.7 Å². The molecule has 1 aromatic carbocycles. The number of rotatable bonds is 10. The van der Waals surface area contributed by atoms with E-state index in [2.05, 4.69) is 10.6 Å². The summed E-state index contributed by atoms with van der Waals surface area (Å²) in [6.07, 6.45) is 5.00. The normalized spacial score (nSPS) is 14.6. The molecule has 1 aliphatic rings. The van der Waals surface area contributed by atoms with Gasteiger partial charge >= 0.3 is 5.97 Å². The van der Waals surface area contributed by atoms with Gasteiger partial charge in [-0.05, 0) is 49.3 Å². The van der Waals surface area contributed by atoms with E-state index in [1.165, 1.54) is 16.2 Å². The highest BCUT2D eigenvalue weighted by molar-refractivity contribution is 7.12. The Labute approximate surface area is 210 Å². The molecule has 0 radical (unpaired) electrons. The van der Waals surface area contributed by atoms with E-state index < -0.39 is 24.5 Å². The SMILES string of the molecule is CCOC(=O)CN(C(=O)CNC(=O)c1cccs1)C(C(=O)NC1CCCCC1)c1ccccc1C. The Hall–Kier alpha value is -3.20. The number of hydrogen-bond donors (Lipinski definition) is 2. The maximum Gasteiger partial charge on any atom is 0.325 e. The van der Waals surface area contributed by atoms with Crippen molar-refractivity contribution < 1.29 is 23.9 Å². The third kappa shape index (κ3) is 7.39. The van der Waals surface area contributed by atoms with Crippen LogP contribution in [-0.4, -0.2) is 54.3 Å². The summed E-state index contributed by atoms with van der Waals surface area (Å²) in [5.41, 5.74) is 1.45. The molecule has 0 spiro atoms. The summed E-state index contributed by atoms with van der Waals surface area (Å²) in [5, 5.41) is 7.48. The Morgan fingerprint density at radius 3 is 2.49 bits per heavy atom. The standard InChI is InChI=1S/C26H33N3O5S/c1-3-34-23(31)17-29(22(30)16-27-25(32)21-14-9-15-35-21)24(20-13-8-7-10-18(20)2)26(33)28-19-11-5-4-6-12-19/h7-10,13-15,19,24H,3-6,11-12,16-17H2,1-2H3,(H,27,32)(H,28,33). The van der Waals surface area contributed by atoms with E-state index in [0.29, 0.717) is 10.4 Å². The van der Waals surface area contributed by atoms with Crippen molar-refractivity contribution >= 4 is 35.0 Å². The van der Waals surface area contributed by atoms with Crippen molar-refractivity contribution in [2.24, 2.45) is 0 Å². The van der Waals surface area contributed by atoms with E-state index in [-0.39, 0.29) is 31.0 Å². The van der Waals surface area contributed by atoms with Gasteiger partial charge in [-0.1, -0.05) is 49.6 Å². The Morgan fingerprint density at radius 2 is 1.83 bits per heavy atom. The zero-order valence-electron chi connectivity index (χ0n) is 20.2. The number of carbonyl (C=O) groups excluding carboxylic acids is 4. The molecule has 8 nitrogen and oxygen atoms in total. The molecule has 35 heavy (non-hydrogen) atoms. The van der Waals surface area contributed by atoms with Gasteiger partial charge in [0.1, 0.15) is 12.6 Å². The number of nitrogens with one attached hydrogen (secondary N) is 2. The number of thiophene rings is 1. The lowest BCUT2D eigenvalue weighted by Crippen LogP contribution is -2.51. The molecule has 9 heteroatoms. The third-order valence-electron chi connectivity index (χ3n) is 6.06. The van der Waals surface area contributed by atoms with Crippen LogP contribution in [-0.2, 0) is 19.1 Å². The van der Waals surface area contributed by atoms with Crippen molar-refractivity contribution in [3.8, 4) is 0 Å². The number of carbonyl (C=O) groups is 4. The molecule has 3 amide bonds. The van der Waals surface area contributed by atoms with Gasteiger partial charge in [-0.3, -0.25) is 19.2 Å². The average molecular weight is 500 g/mol. The second-order valence-electron chi connectivity index (χ2n) is 8.59. The molecule has 1 atom stereocenters. The van der Waals surface area contributed by atoms with E-state index in [1.807, 2.05) is 19.1 Å². The molecular weight excluding hydrogens is 466 g/mol. The Balaban J connectivity index is 1.88. The van der Waals surface area contributed by atoms with Gasteiger partial charge in [0, 0.05) is 6.04 Å². The van der Waals surface area contributed by atoms with Crippen molar-refractivity contribution in [3.63, 3.8) is 0 Å². The lowest BCUT2D eigenvalue weighted by molar-refractivity contribution is -0.152. The molecule has 2 N–H and O–H groups in total. The minimum atomic E-state index is -1.03. The van der Waals surface area contributed by atoms with Gasteiger partial charge in [0.2, 0.25) is 11.8 Å². The molecule has 1 heterocycles. The first-order valence-corrected chi connectivity index (χ1v) is 12.9. The van der Waals surface area contributed by atoms with Crippen molar-refractivity contribution in [1.82, 2.24) is 15.5 Å². The average Bonchev–Trinajstić information content (AvgIpc) is 3.39. The summed E-state index contributed by atoms with van der Waals surface area (Å²) in [5.74, 6) is -1.89. The lowest BCUT2D eigenvalue weighted by atomic mass is 9.94. The molecule has 1 fully saturated rings. The number of nitrogens with zero attached hydrogens (tertiary/aromatic N) is 1. The fourth-order valence-electron chi connectivity index (χ4n) is 4.29. The largest absolute Gasteiger partial charge is 0.465 e. The smallest absolute Gasteiger partial charge is 0.325 e. The van der Waals surface area contributed by atoms with Crippen LogP contribution in [0.5, 0.6) is 0 Å². The predicted octanol–water partition coefficient (Wildman–Crippen LogP) is 3.37. The first-order valence-electron chi connectivity index (χ1n) is 12.0. The highest BCUT2D eigenvalue weighted by Gasteiger charge is 2.35. The maximum absolute atomic E-state index is 13.6. The second kappa shape index (κ2) is 13.0. The number of aryl methyl sites for hydroxylation is 1. The van der Waals surface area contributed by atoms with Crippen molar-refractivity contribution in [1.29, 1.82) is 0 Å². The summed E-state index contributed by atoms with van der Waals surface area (Å²) in [7, 11) is 0. The summed E-state index contributed by atoms with van der Waals surface area (Å²) >= 11 is 1.26. The summed E-state index contributed by atoms with van der Waals surface area (Å²) in [6.45, 7) is 2.94. The van der Waals surface area contributed by atoms with Gasteiger partial charge in [0.25, 0.3) is 5.91 Å². The minimum Gasteiger partial charge on any atom is -0.465 e. The number of amides is 3. The van der Waals surface area contributed by atoms with Crippen LogP contribution in [0.15, 0.2) is 41.8 Å². The molecule has 188 valence electrons. The van der Waals surface area contributed by atoms with Crippen LogP contribution in [0.3, 0.4) is 0 Å². The third-order valence-corrected chi connectivity index (χ3v) is 6.93. The van der Waals surface area contributed by atoms with E-state index in [1.54, 1.807) is 36.6 Å². The lowest BCUT2D eigenvalue weighted by Gasteiger charge is -2.33. The second-order valence-corrected chi connectivity index (χ2v) is 9.54. The number of esters is 1. The van der Waals surface area contributed by atoms with Crippen LogP contribution in [0.2, 0.25) is 0 Å². The van der Waals surface area contributed by atoms with Crippen LogP contribution in [0.4, 0.5) is 0 Å². The zero-order valence-corrected chi connectivity index (χ0v) is 21.1. The summed E-state index contributed by atoms with van der Waals surface area (Å²) in [4.78, 5) is 53.6. The van der Waals surface area contributed by atoms with Gasteiger partial charge in [0.05, 0.1) is 18.0 Å². The van der Waals surface area contributed by atoms with Crippen LogP contribution < -0.4 is 10.6 Å². The Kier molecular flexibility index (Phi) is 9.84. The molecule has 1 aromatic heterocycles. The first-order chi connectivity index (χ1) is 16.9. The molecule has 0 aliphatic heterocycles. The molecule has 0 bridgehead atoms. The number of ether oxygens (including phenoxy) is 1. The van der Waals surface area contributed by atoms with Gasteiger partial charge in [-0.25, -0.2) is 0 Å². The maximum atomic E-state index is 13.6. The summed E-state index contributed by atoms with van der Waals surface area (Å²) < 4.78 is 5.10. The fraction of sp³-hybridized carbons (Fsp3) is 0.462. The molecule has 2 aromatic rings. The van der Waals surface area contributed by atoms with Crippen LogP contribution in [0, 0.1) is 6.92 Å².